The normalized spacial score (nSPS) is 11.7. The average Bonchev–Trinajstić information content (AvgIpc) is 2.54. The molecule has 2 aromatic rings. The van der Waals surface area contributed by atoms with E-state index < -0.39 is 16.3 Å². The number of carbonyl (C=O) groups excluding carboxylic acids is 1. The van der Waals surface area contributed by atoms with E-state index in [0.717, 1.165) is 0 Å². The average molecular weight is 334 g/mol. The second kappa shape index (κ2) is 7.02. The topological polar surface area (TPSA) is 97.5 Å². The fourth-order valence-corrected chi connectivity index (χ4v) is 2.24. The molecule has 0 saturated carbocycles. The highest BCUT2D eigenvalue weighted by Crippen LogP contribution is 2.23. The molecule has 118 valence electrons. The predicted molar refractivity (Wildman–Crippen MR) is 83.8 cm³/mol. The van der Waals surface area contributed by atoms with Gasteiger partial charge in [-0.25, -0.2) is 0 Å². The maximum atomic E-state index is 12.2. The van der Waals surface area contributed by atoms with Gasteiger partial charge in [0.05, 0.1) is 10.5 Å². The molecular weight excluding hydrogens is 322 g/mol. The van der Waals surface area contributed by atoms with Crippen LogP contribution < -0.4 is 0 Å². The number of Topliss-reactive ketones (excluding diaryl/α,β-unsaturated/α-hetero) is 1. The van der Waals surface area contributed by atoms with Gasteiger partial charge in [0, 0.05) is 12.5 Å². The number of benzene rings is 2. The minimum atomic E-state index is -1.16. The van der Waals surface area contributed by atoms with E-state index in [4.69, 9.17) is 16.7 Å². The van der Waals surface area contributed by atoms with Gasteiger partial charge in [0.2, 0.25) is 0 Å². The third-order valence-corrected chi connectivity index (χ3v) is 3.69. The number of halogens is 1. The molecular formula is C16H12ClNO5. The van der Waals surface area contributed by atoms with Gasteiger partial charge in [-0.2, -0.15) is 0 Å². The number of nitro benzene ring substituents is 1. The fourth-order valence-electron chi connectivity index (χ4n) is 2.10. The molecule has 23 heavy (non-hydrogen) atoms. The first-order valence-corrected chi connectivity index (χ1v) is 7.06. The van der Waals surface area contributed by atoms with Crippen molar-refractivity contribution >= 4 is 29.0 Å². The van der Waals surface area contributed by atoms with Crippen molar-refractivity contribution in [1.29, 1.82) is 0 Å². The Balaban J connectivity index is 2.18. The van der Waals surface area contributed by atoms with Crippen molar-refractivity contribution in [3.05, 3.63) is 75.3 Å². The Bertz CT molecular complexity index is 757. The fraction of sp³-hybridized carbons (Fsp3) is 0.125. The van der Waals surface area contributed by atoms with Gasteiger partial charge >= 0.3 is 5.97 Å². The molecule has 2 aromatic carbocycles. The first-order chi connectivity index (χ1) is 10.9. The minimum absolute atomic E-state index is 0.0227. The molecule has 1 atom stereocenters. The number of alkyl halides is 1. The Morgan fingerprint density at radius 3 is 2.30 bits per heavy atom. The molecule has 6 nitrogen and oxygen atoms in total. The smallest absolute Gasteiger partial charge is 0.326 e. The summed E-state index contributed by atoms with van der Waals surface area (Å²) in [5.74, 6) is -1.54. The van der Waals surface area contributed by atoms with Crippen LogP contribution in [0.5, 0.6) is 0 Å². The quantitative estimate of drug-likeness (QED) is 0.378. The summed E-state index contributed by atoms with van der Waals surface area (Å²) in [6.45, 7) is 0. The number of ketones is 1. The molecule has 0 fully saturated rings. The number of hydrogen-bond donors (Lipinski definition) is 1. The van der Waals surface area contributed by atoms with Gasteiger partial charge in [-0.15, -0.1) is 11.6 Å². The summed E-state index contributed by atoms with van der Waals surface area (Å²) < 4.78 is 0. The number of nitrogens with zero attached hydrogens (tertiary/aromatic N) is 1. The summed E-state index contributed by atoms with van der Waals surface area (Å²) in [7, 11) is 0. The van der Waals surface area contributed by atoms with Crippen molar-refractivity contribution in [2.24, 2.45) is 0 Å². The van der Waals surface area contributed by atoms with E-state index in [9.17, 15) is 19.7 Å². The minimum Gasteiger partial charge on any atom is -0.480 e. The highest BCUT2D eigenvalue weighted by Gasteiger charge is 2.20. The van der Waals surface area contributed by atoms with Crippen LogP contribution in [0.25, 0.3) is 0 Å². The number of nitro groups is 1. The highest BCUT2D eigenvalue weighted by molar-refractivity contribution is 6.29. The molecule has 0 amide bonds. The molecule has 0 radical (unpaired) electrons. The zero-order chi connectivity index (χ0) is 17.0. The number of para-hydroxylation sites is 1. The van der Waals surface area contributed by atoms with E-state index in [-0.39, 0.29) is 23.5 Å². The van der Waals surface area contributed by atoms with Gasteiger partial charge in [0.1, 0.15) is 0 Å². The van der Waals surface area contributed by atoms with Crippen LogP contribution in [0, 0.1) is 10.1 Å². The summed E-state index contributed by atoms with van der Waals surface area (Å²) in [6, 6.07) is 12.0. The molecule has 2 rings (SSSR count). The third-order valence-electron chi connectivity index (χ3n) is 3.26. The zero-order valence-corrected chi connectivity index (χ0v) is 12.6. The van der Waals surface area contributed by atoms with Crippen molar-refractivity contribution in [3.63, 3.8) is 0 Å². The van der Waals surface area contributed by atoms with Crippen LogP contribution in [0.3, 0.4) is 0 Å². The Labute approximate surface area is 136 Å². The molecule has 1 unspecified atom stereocenters. The molecule has 7 heteroatoms. The number of carboxylic acids is 1. The van der Waals surface area contributed by atoms with E-state index in [1.165, 1.54) is 30.3 Å². The Hall–Kier alpha value is -2.73. The maximum Gasteiger partial charge on any atom is 0.326 e. The number of aliphatic carboxylic acids is 1. The van der Waals surface area contributed by atoms with Crippen LogP contribution in [0.1, 0.15) is 26.9 Å². The van der Waals surface area contributed by atoms with Crippen LogP contribution >= 0.6 is 11.6 Å². The summed E-state index contributed by atoms with van der Waals surface area (Å²) in [6.07, 6.45) is -0.0227. The monoisotopic (exact) mass is 333 g/mol. The standard InChI is InChI=1S/C16H12ClNO5/c17-15(16(20)21)11-7-5-10(6-8-11)9-14(19)12-3-1-2-4-13(12)18(22)23/h1-8,15H,9H2,(H,20,21). The summed E-state index contributed by atoms with van der Waals surface area (Å²) in [4.78, 5) is 33.4. The molecule has 0 heterocycles. The molecule has 0 aliphatic carbocycles. The zero-order valence-electron chi connectivity index (χ0n) is 11.8. The second-order valence-corrected chi connectivity index (χ2v) is 5.25. The van der Waals surface area contributed by atoms with E-state index >= 15 is 0 Å². The predicted octanol–water partition coefficient (Wildman–Crippen LogP) is 3.38. The van der Waals surface area contributed by atoms with Gasteiger partial charge in [0.15, 0.2) is 11.2 Å². The van der Waals surface area contributed by atoms with Crippen molar-refractivity contribution in [1.82, 2.24) is 0 Å². The molecule has 0 aliphatic rings. The lowest BCUT2D eigenvalue weighted by atomic mass is 10.00. The van der Waals surface area contributed by atoms with Crippen molar-refractivity contribution in [3.8, 4) is 0 Å². The lowest BCUT2D eigenvalue weighted by Crippen LogP contribution is -2.08. The highest BCUT2D eigenvalue weighted by atomic mass is 35.5. The van der Waals surface area contributed by atoms with E-state index in [1.54, 1.807) is 18.2 Å². The summed E-state index contributed by atoms with van der Waals surface area (Å²) in [5.41, 5.74) is 0.829. The third kappa shape index (κ3) is 3.92. The van der Waals surface area contributed by atoms with Crippen LogP contribution in [0.15, 0.2) is 48.5 Å². The number of carboxylic acid groups (broad SMARTS) is 1. The molecule has 0 aromatic heterocycles. The molecule has 0 saturated heterocycles. The lowest BCUT2D eigenvalue weighted by molar-refractivity contribution is -0.385. The van der Waals surface area contributed by atoms with Crippen molar-refractivity contribution in [2.75, 3.05) is 0 Å². The first-order valence-electron chi connectivity index (χ1n) is 6.62. The van der Waals surface area contributed by atoms with E-state index in [1.807, 2.05) is 0 Å². The van der Waals surface area contributed by atoms with Crippen molar-refractivity contribution in [2.45, 2.75) is 11.8 Å². The Kier molecular flexibility index (Phi) is 5.08. The van der Waals surface area contributed by atoms with Gasteiger partial charge in [0.25, 0.3) is 5.69 Å². The first kappa shape index (κ1) is 16.6. The Morgan fingerprint density at radius 1 is 1.13 bits per heavy atom. The van der Waals surface area contributed by atoms with E-state index in [0.29, 0.717) is 11.1 Å². The largest absolute Gasteiger partial charge is 0.480 e. The molecule has 0 bridgehead atoms. The van der Waals surface area contributed by atoms with Gasteiger partial charge < -0.3 is 5.11 Å². The lowest BCUT2D eigenvalue weighted by Gasteiger charge is -2.06. The van der Waals surface area contributed by atoms with Crippen LogP contribution in [0.2, 0.25) is 0 Å². The van der Waals surface area contributed by atoms with Gasteiger partial charge in [-0.05, 0) is 17.2 Å². The van der Waals surface area contributed by atoms with Crippen LogP contribution in [-0.2, 0) is 11.2 Å². The van der Waals surface area contributed by atoms with Gasteiger partial charge in [-0.1, -0.05) is 36.4 Å². The molecule has 0 spiro atoms. The second-order valence-electron chi connectivity index (χ2n) is 4.82. The van der Waals surface area contributed by atoms with Crippen LogP contribution in [-0.4, -0.2) is 21.8 Å². The summed E-state index contributed by atoms with van der Waals surface area (Å²) in [5, 5.41) is 18.6. The SMILES string of the molecule is O=C(Cc1ccc(C(Cl)C(=O)O)cc1)c1ccccc1[N+](=O)[O-]. The Morgan fingerprint density at radius 2 is 1.74 bits per heavy atom. The number of rotatable bonds is 6. The molecule has 1 N–H and O–H groups in total. The summed E-state index contributed by atoms with van der Waals surface area (Å²) >= 11 is 5.71. The van der Waals surface area contributed by atoms with Gasteiger partial charge in [-0.3, -0.25) is 19.7 Å². The number of carbonyl (C=O) groups is 2. The van der Waals surface area contributed by atoms with Crippen molar-refractivity contribution < 1.29 is 19.6 Å². The molecule has 0 aliphatic heterocycles. The maximum absolute atomic E-state index is 12.2. The van der Waals surface area contributed by atoms with Crippen LogP contribution in [0.4, 0.5) is 5.69 Å². The van der Waals surface area contributed by atoms with E-state index in [2.05, 4.69) is 0 Å². The number of hydrogen-bond acceptors (Lipinski definition) is 4.